The molecular formula is C10H20N2O4S. The van der Waals surface area contributed by atoms with Crippen molar-refractivity contribution in [1.29, 1.82) is 0 Å². The number of hydrogen-bond donors (Lipinski definition) is 1. The third kappa shape index (κ3) is 5.47. The van der Waals surface area contributed by atoms with Gasteiger partial charge < -0.3 is 4.90 Å². The van der Waals surface area contributed by atoms with Gasteiger partial charge in [-0.05, 0) is 12.8 Å². The molecule has 100 valence electrons. The minimum absolute atomic E-state index is 0.250. The molecule has 1 aliphatic heterocycles. The van der Waals surface area contributed by atoms with Crippen LogP contribution < -0.4 is 4.72 Å². The second kappa shape index (κ2) is 6.93. The summed E-state index contributed by atoms with van der Waals surface area (Å²) >= 11 is 0. The van der Waals surface area contributed by atoms with E-state index in [1.54, 1.807) is 11.8 Å². The van der Waals surface area contributed by atoms with Crippen molar-refractivity contribution in [2.75, 3.05) is 26.2 Å². The fourth-order valence-corrected chi connectivity index (χ4v) is 2.45. The van der Waals surface area contributed by atoms with Gasteiger partial charge in [0.15, 0.2) is 0 Å². The van der Waals surface area contributed by atoms with E-state index in [1.807, 2.05) is 0 Å². The van der Waals surface area contributed by atoms with Gasteiger partial charge in [-0.3, -0.25) is 4.79 Å². The first kappa shape index (κ1) is 14.4. The van der Waals surface area contributed by atoms with Crippen molar-refractivity contribution in [2.45, 2.75) is 32.6 Å². The molecule has 1 saturated heterocycles. The summed E-state index contributed by atoms with van der Waals surface area (Å²) in [5.74, 6) is -0.256. The molecular weight excluding hydrogens is 244 g/mol. The Hall–Kier alpha value is -0.660. The van der Waals surface area contributed by atoms with Gasteiger partial charge in [0.05, 0.1) is 0 Å². The van der Waals surface area contributed by atoms with Crippen molar-refractivity contribution in [3.05, 3.63) is 0 Å². The Morgan fingerprint density at radius 3 is 2.35 bits per heavy atom. The van der Waals surface area contributed by atoms with Crippen LogP contribution in [-0.4, -0.2) is 45.5 Å². The highest BCUT2D eigenvalue weighted by molar-refractivity contribution is 7.84. The molecule has 1 amide bonds. The van der Waals surface area contributed by atoms with Gasteiger partial charge in [-0.2, -0.15) is 13.1 Å². The third-order valence-electron chi connectivity index (χ3n) is 2.62. The molecule has 6 nitrogen and oxygen atoms in total. The minimum atomic E-state index is -3.77. The zero-order chi connectivity index (χ0) is 12.7. The number of nitrogens with one attached hydrogen (secondary N) is 1. The van der Waals surface area contributed by atoms with Gasteiger partial charge in [-0.1, -0.05) is 19.8 Å². The molecule has 7 heteroatoms. The molecule has 0 aliphatic carbocycles. The van der Waals surface area contributed by atoms with Crippen LogP contribution in [0.4, 0.5) is 0 Å². The molecule has 17 heavy (non-hydrogen) atoms. The van der Waals surface area contributed by atoms with Crippen molar-refractivity contribution < 1.29 is 17.4 Å². The quantitative estimate of drug-likeness (QED) is 0.773. The largest absolute Gasteiger partial charge is 0.341 e. The number of amides is 1. The maximum Gasteiger partial charge on any atom is 0.336 e. The molecule has 0 unspecified atom stereocenters. The van der Waals surface area contributed by atoms with Gasteiger partial charge in [0.2, 0.25) is 5.91 Å². The van der Waals surface area contributed by atoms with Crippen LogP contribution in [0.1, 0.15) is 32.6 Å². The predicted molar refractivity (Wildman–Crippen MR) is 63.6 cm³/mol. The monoisotopic (exact) mass is 264 g/mol. The van der Waals surface area contributed by atoms with E-state index in [-0.39, 0.29) is 12.5 Å². The van der Waals surface area contributed by atoms with Crippen molar-refractivity contribution in [3.63, 3.8) is 0 Å². The molecule has 1 N–H and O–H groups in total. The highest BCUT2D eigenvalue weighted by Crippen LogP contribution is 2.09. The summed E-state index contributed by atoms with van der Waals surface area (Å²) in [6.07, 6.45) is 4.21. The summed E-state index contributed by atoms with van der Waals surface area (Å²) in [7, 11) is -3.77. The summed E-state index contributed by atoms with van der Waals surface area (Å²) in [6, 6.07) is 0. The van der Waals surface area contributed by atoms with Crippen LogP contribution in [0.5, 0.6) is 0 Å². The van der Waals surface area contributed by atoms with Crippen molar-refractivity contribution in [3.8, 4) is 0 Å². The number of carbonyl (C=O) groups excluding carboxylic acids is 1. The summed E-state index contributed by atoms with van der Waals surface area (Å²) in [4.78, 5) is 13.4. The topological polar surface area (TPSA) is 75.7 Å². The van der Waals surface area contributed by atoms with Gasteiger partial charge in [-0.25, -0.2) is 4.18 Å². The second-order valence-electron chi connectivity index (χ2n) is 4.01. The minimum Gasteiger partial charge on any atom is -0.341 e. The van der Waals surface area contributed by atoms with Crippen molar-refractivity contribution >= 4 is 16.2 Å². The van der Waals surface area contributed by atoms with E-state index in [1.165, 1.54) is 0 Å². The first-order chi connectivity index (χ1) is 8.05. The normalized spacial score (nSPS) is 17.8. The Morgan fingerprint density at radius 1 is 1.24 bits per heavy atom. The molecule has 0 aromatic carbocycles. The van der Waals surface area contributed by atoms with Crippen LogP contribution in [0.25, 0.3) is 0 Å². The first-order valence-electron chi connectivity index (χ1n) is 5.97. The highest BCUT2D eigenvalue weighted by atomic mass is 32.2. The lowest BCUT2D eigenvalue weighted by atomic mass is 10.2. The Bertz CT molecular complexity index is 334. The van der Waals surface area contributed by atoms with Crippen LogP contribution in [0.3, 0.4) is 0 Å². The second-order valence-corrected chi connectivity index (χ2v) is 5.44. The molecule has 0 aromatic heterocycles. The zero-order valence-corrected chi connectivity index (χ0v) is 11.0. The van der Waals surface area contributed by atoms with Crippen LogP contribution >= 0.6 is 0 Å². The summed E-state index contributed by atoms with van der Waals surface area (Å²) in [5, 5.41) is 0. The average molecular weight is 264 g/mol. The Morgan fingerprint density at radius 2 is 1.82 bits per heavy atom. The molecule has 0 spiro atoms. The molecule has 1 fully saturated rings. The predicted octanol–water partition coefficient (Wildman–Crippen LogP) is 0.260. The van der Waals surface area contributed by atoms with E-state index in [2.05, 4.69) is 8.91 Å². The number of hydrogen-bond acceptors (Lipinski definition) is 4. The van der Waals surface area contributed by atoms with Crippen molar-refractivity contribution in [2.24, 2.45) is 0 Å². The van der Waals surface area contributed by atoms with E-state index in [0.717, 1.165) is 25.7 Å². The van der Waals surface area contributed by atoms with E-state index >= 15 is 0 Å². The molecule has 0 bridgehead atoms. The Balaban J connectivity index is 2.38. The fraction of sp³-hybridized carbons (Fsp3) is 0.900. The standard InChI is InChI=1S/C10H20N2O4S/c1-2-11-17(14,15)16-9-10(13)12-7-5-3-4-6-8-12/h11H,2-9H2,1H3. The average Bonchev–Trinajstić information content (AvgIpc) is 2.54. The lowest BCUT2D eigenvalue weighted by Crippen LogP contribution is -2.37. The molecule has 0 atom stereocenters. The van der Waals surface area contributed by atoms with Gasteiger partial charge in [-0.15, -0.1) is 0 Å². The van der Waals surface area contributed by atoms with Crippen molar-refractivity contribution in [1.82, 2.24) is 9.62 Å². The van der Waals surface area contributed by atoms with E-state index < -0.39 is 16.9 Å². The summed E-state index contributed by atoms with van der Waals surface area (Å²) in [6.45, 7) is 2.89. The first-order valence-corrected chi connectivity index (χ1v) is 7.38. The zero-order valence-electron chi connectivity index (χ0n) is 10.1. The number of carbonyl (C=O) groups is 1. The number of nitrogens with zero attached hydrogens (tertiary/aromatic N) is 1. The summed E-state index contributed by atoms with van der Waals surface area (Å²) in [5.41, 5.74) is 0. The van der Waals surface area contributed by atoms with E-state index in [9.17, 15) is 13.2 Å². The fourth-order valence-electron chi connectivity index (χ4n) is 1.76. The molecule has 0 aromatic rings. The molecule has 1 rings (SSSR count). The molecule has 1 heterocycles. The van der Waals surface area contributed by atoms with Gasteiger partial charge in [0.1, 0.15) is 6.61 Å². The molecule has 1 aliphatic rings. The van der Waals surface area contributed by atoms with Gasteiger partial charge in [0, 0.05) is 19.6 Å². The van der Waals surface area contributed by atoms with Crippen LogP contribution in [0.15, 0.2) is 0 Å². The number of likely N-dealkylation sites (tertiary alicyclic amines) is 1. The molecule has 0 saturated carbocycles. The van der Waals surface area contributed by atoms with E-state index in [0.29, 0.717) is 13.1 Å². The van der Waals surface area contributed by atoms with E-state index in [4.69, 9.17) is 0 Å². The van der Waals surface area contributed by atoms with Crippen LogP contribution in [0.2, 0.25) is 0 Å². The maximum absolute atomic E-state index is 11.7. The summed E-state index contributed by atoms with van der Waals surface area (Å²) < 4.78 is 29.1. The lowest BCUT2D eigenvalue weighted by molar-refractivity contribution is -0.133. The van der Waals surface area contributed by atoms with Gasteiger partial charge in [0.25, 0.3) is 0 Å². The highest BCUT2D eigenvalue weighted by Gasteiger charge is 2.18. The Labute approximate surface area is 103 Å². The number of rotatable bonds is 5. The van der Waals surface area contributed by atoms with Crippen LogP contribution in [-0.2, 0) is 19.3 Å². The molecule has 0 radical (unpaired) electrons. The smallest absolute Gasteiger partial charge is 0.336 e. The lowest BCUT2D eigenvalue weighted by Gasteiger charge is -2.19. The Kier molecular flexibility index (Phi) is 5.87. The van der Waals surface area contributed by atoms with Gasteiger partial charge >= 0.3 is 10.3 Å². The maximum atomic E-state index is 11.7. The SMILES string of the molecule is CCNS(=O)(=O)OCC(=O)N1CCCCCC1. The van der Waals surface area contributed by atoms with Crippen LogP contribution in [0, 0.1) is 0 Å². The third-order valence-corrected chi connectivity index (χ3v) is 3.69.